The van der Waals surface area contributed by atoms with Crippen molar-refractivity contribution in [3.63, 3.8) is 0 Å². The second-order valence-electron chi connectivity index (χ2n) is 15.6. The number of carbonyl (C=O) groups excluding carboxylic acids is 7. The fourth-order valence-electron chi connectivity index (χ4n) is 7.66. The van der Waals surface area contributed by atoms with Crippen molar-refractivity contribution < 1.29 is 38.3 Å². The van der Waals surface area contributed by atoms with Crippen LogP contribution in [0.2, 0.25) is 0 Å². The maximum Gasteiger partial charge on any atom is 0.287 e. The van der Waals surface area contributed by atoms with Gasteiger partial charge in [-0.05, 0) is 65.9 Å². The summed E-state index contributed by atoms with van der Waals surface area (Å²) in [7, 11) is 3.03. The Morgan fingerprint density at radius 3 is 2.13 bits per heavy atom. The number of carbonyl (C=O) groups is 7. The van der Waals surface area contributed by atoms with E-state index in [-0.39, 0.29) is 50.6 Å². The van der Waals surface area contributed by atoms with E-state index in [0.29, 0.717) is 22.7 Å². The lowest BCUT2D eigenvalue weighted by molar-refractivity contribution is -0.138. The van der Waals surface area contributed by atoms with Crippen molar-refractivity contribution in [1.82, 2.24) is 30.6 Å². The van der Waals surface area contributed by atoms with Crippen LogP contribution >= 0.6 is 0 Å². The van der Waals surface area contributed by atoms with Crippen LogP contribution in [0.3, 0.4) is 0 Å². The third kappa shape index (κ3) is 12.1. The molecule has 1 saturated heterocycles. The lowest BCUT2D eigenvalue weighted by Gasteiger charge is -2.28. The number of rotatable bonds is 19. The van der Waals surface area contributed by atoms with E-state index in [1.807, 2.05) is 72.8 Å². The highest BCUT2D eigenvalue weighted by molar-refractivity contribution is 6.36. The zero-order valence-electron chi connectivity index (χ0n) is 35.4. The van der Waals surface area contributed by atoms with Crippen molar-refractivity contribution in [3.8, 4) is 16.9 Å². The van der Waals surface area contributed by atoms with Gasteiger partial charge in [0, 0.05) is 51.0 Å². The molecular weight excluding hydrogens is 803 g/mol. The number of likely N-dealkylation sites (N-methyl/N-ethyl adjacent to an activating group) is 1. The van der Waals surface area contributed by atoms with Gasteiger partial charge in [0.1, 0.15) is 23.9 Å². The molecule has 2 heterocycles. The van der Waals surface area contributed by atoms with Gasteiger partial charge in [0.05, 0.1) is 24.7 Å². The molecule has 6 rings (SSSR count). The number of hydrogen-bond donors (Lipinski definition) is 4. The summed E-state index contributed by atoms with van der Waals surface area (Å²) in [4.78, 5) is 94.1. The van der Waals surface area contributed by atoms with Crippen molar-refractivity contribution in [2.75, 3.05) is 13.6 Å². The number of primary amides is 1. The van der Waals surface area contributed by atoms with Crippen LogP contribution in [0.25, 0.3) is 11.1 Å². The minimum atomic E-state index is -1.14. The lowest BCUT2D eigenvalue weighted by Crippen LogP contribution is -2.53. The number of amides is 5. The molecule has 0 radical (unpaired) electrons. The van der Waals surface area contributed by atoms with Gasteiger partial charge in [0.25, 0.3) is 11.8 Å². The van der Waals surface area contributed by atoms with Gasteiger partial charge in [-0.25, -0.2) is 0 Å². The van der Waals surface area contributed by atoms with E-state index in [1.54, 1.807) is 55.1 Å². The molecule has 5 amide bonds. The van der Waals surface area contributed by atoms with E-state index >= 15 is 0 Å². The number of aromatic nitrogens is 2. The summed E-state index contributed by atoms with van der Waals surface area (Å²) in [6.07, 6.45) is -0.993. The Morgan fingerprint density at radius 2 is 1.48 bits per heavy atom. The number of ether oxygens (including phenoxy) is 1. The summed E-state index contributed by atoms with van der Waals surface area (Å²) in [5, 5.41) is 12.1. The number of aryl methyl sites for hydroxylation is 2. The van der Waals surface area contributed by atoms with Crippen molar-refractivity contribution in [2.24, 2.45) is 12.8 Å². The van der Waals surface area contributed by atoms with Crippen LogP contribution in [-0.2, 0) is 55.1 Å². The summed E-state index contributed by atoms with van der Waals surface area (Å²) in [5.74, 6) is -3.72. The monoisotopic (exact) mass is 853 g/mol. The van der Waals surface area contributed by atoms with Gasteiger partial charge >= 0.3 is 0 Å². The number of ketones is 2. The molecule has 1 aromatic heterocycles. The molecule has 5 N–H and O–H groups in total. The Hall–Kier alpha value is -7.42. The minimum Gasteiger partial charge on any atom is -0.488 e. The van der Waals surface area contributed by atoms with Crippen molar-refractivity contribution in [1.29, 1.82) is 0 Å². The van der Waals surface area contributed by atoms with Gasteiger partial charge in [-0.2, -0.15) is 5.10 Å². The molecule has 326 valence electrons. The Labute approximate surface area is 365 Å². The van der Waals surface area contributed by atoms with E-state index in [9.17, 15) is 33.6 Å². The Morgan fingerprint density at radius 1 is 0.794 bits per heavy atom. The number of benzene rings is 4. The highest BCUT2D eigenvalue weighted by atomic mass is 16.5. The molecule has 4 atom stereocenters. The zero-order chi connectivity index (χ0) is 45.0. The van der Waals surface area contributed by atoms with Gasteiger partial charge in [-0.3, -0.25) is 38.2 Å². The Kier molecular flexibility index (Phi) is 15.0. The lowest BCUT2D eigenvalue weighted by atomic mass is 9.97. The quantitative estimate of drug-likeness (QED) is 0.0898. The van der Waals surface area contributed by atoms with Crippen LogP contribution in [0.1, 0.15) is 52.1 Å². The number of hydrogen-bond acceptors (Lipinski definition) is 9. The maximum absolute atomic E-state index is 14.5. The fourth-order valence-corrected chi connectivity index (χ4v) is 7.66. The third-order valence-electron chi connectivity index (χ3n) is 10.9. The number of para-hydroxylation sites is 1. The summed E-state index contributed by atoms with van der Waals surface area (Å²) < 4.78 is 7.68. The highest BCUT2D eigenvalue weighted by Crippen LogP contribution is 2.26. The molecular formula is C48H51N7O8. The molecule has 1 fully saturated rings. The smallest absolute Gasteiger partial charge is 0.287 e. The predicted molar refractivity (Wildman–Crippen MR) is 234 cm³/mol. The zero-order valence-corrected chi connectivity index (χ0v) is 35.4. The van der Waals surface area contributed by atoms with Crippen molar-refractivity contribution in [3.05, 3.63) is 143 Å². The summed E-state index contributed by atoms with van der Waals surface area (Å²) in [5.41, 5.74) is 10.5. The molecule has 0 aliphatic carbocycles. The largest absolute Gasteiger partial charge is 0.488 e. The maximum atomic E-state index is 14.5. The number of nitrogens with two attached hydrogens (primary N) is 1. The first-order valence-electron chi connectivity index (χ1n) is 20.7. The third-order valence-corrected chi connectivity index (χ3v) is 10.9. The van der Waals surface area contributed by atoms with Gasteiger partial charge in [0.15, 0.2) is 5.78 Å². The number of Topliss-reactive ketones (excluding diaryl/α,β-unsaturated/α-hetero) is 2. The minimum absolute atomic E-state index is 0.0619. The highest BCUT2D eigenvalue weighted by Gasteiger charge is 2.42. The van der Waals surface area contributed by atoms with Gasteiger partial charge in [0.2, 0.25) is 23.5 Å². The number of likely N-dealkylation sites (tertiary alicyclic amines) is 1. The van der Waals surface area contributed by atoms with Gasteiger partial charge < -0.3 is 31.3 Å². The van der Waals surface area contributed by atoms with Gasteiger partial charge in [-0.15, -0.1) is 0 Å². The average molecular weight is 854 g/mol. The van der Waals surface area contributed by atoms with Crippen LogP contribution in [0, 0.1) is 6.92 Å². The SMILES string of the molecule is CNC(=O)C(=O)CC[C@H](NC(=O)Cc1cc(C)nn1C)C(=O)Cc1cccc(C(=O)N[C@@H](Cc2ccc(-c3ccccc3)cc2)C(=O)N2C[C@H](Oc3ccccc3)C[C@H]2C(N)=O)c1. The summed E-state index contributed by atoms with van der Waals surface area (Å²) in [6.45, 7) is 1.85. The Bertz CT molecular complexity index is 2450. The predicted octanol–water partition coefficient (Wildman–Crippen LogP) is 3.20. The second kappa shape index (κ2) is 20.9. The van der Waals surface area contributed by atoms with E-state index in [0.717, 1.165) is 16.7 Å². The molecule has 1 aliphatic rings. The van der Waals surface area contributed by atoms with Crippen molar-refractivity contribution in [2.45, 2.75) is 69.7 Å². The van der Waals surface area contributed by atoms with E-state index in [4.69, 9.17) is 10.5 Å². The van der Waals surface area contributed by atoms with Crippen LogP contribution in [-0.4, -0.2) is 93.6 Å². The summed E-state index contributed by atoms with van der Waals surface area (Å²) in [6, 6.07) is 31.3. The molecule has 15 nitrogen and oxygen atoms in total. The fraction of sp³-hybridized carbons (Fsp3) is 0.292. The normalized spacial score (nSPS) is 15.4. The average Bonchev–Trinajstić information content (AvgIpc) is 3.85. The van der Waals surface area contributed by atoms with Crippen LogP contribution in [0.15, 0.2) is 115 Å². The first-order valence-corrected chi connectivity index (χ1v) is 20.7. The van der Waals surface area contributed by atoms with Crippen LogP contribution in [0.4, 0.5) is 0 Å². The molecule has 63 heavy (non-hydrogen) atoms. The molecule has 0 unspecified atom stereocenters. The standard InChI is InChI=1S/C48H51N7O8/c1-30-23-36(54(3)53-30)27-44(58)51-39(21-22-42(56)47(61)50-2)43(57)26-32-11-10-14-35(24-32)46(60)52-40(25-31-17-19-34(20-18-31)33-12-6-4-7-13-33)48(62)55-29-38(28-41(55)45(49)59)63-37-15-8-5-9-16-37/h4-20,23-24,38-41H,21-22,25-29H2,1-3H3,(H2,49,59)(H,50,61)(H,51,58)(H,52,60)/t38-,39+,40+,41+/m1/s1. The number of nitrogens with zero attached hydrogens (tertiary/aromatic N) is 3. The van der Waals surface area contributed by atoms with Crippen LogP contribution in [0.5, 0.6) is 5.75 Å². The molecule has 0 saturated carbocycles. The van der Waals surface area contributed by atoms with E-state index < -0.39 is 65.3 Å². The van der Waals surface area contributed by atoms with Gasteiger partial charge in [-0.1, -0.05) is 84.9 Å². The topological polar surface area (TPSA) is 212 Å². The first kappa shape index (κ1) is 45.1. The Balaban J connectivity index is 1.21. The molecule has 15 heteroatoms. The van der Waals surface area contributed by atoms with Crippen molar-refractivity contribution >= 4 is 41.1 Å². The molecule has 0 bridgehead atoms. The molecule has 1 aliphatic heterocycles. The number of nitrogens with one attached hydrogen (secondary N) is 3. The first-order chi connectivity index (χ1) is 30.3. The molecule has 4 aromatic carbocycles. The van der Waals surface area contributed by atoms with E-state index in [1.165, 1.54) is 18.0 Å². The van der Waals surface area contributed by atoms with E-state index in [2.05, 4.69) is 21.0 Å². The molecule has 0 spiro atoms. The second-order valence-corrected chi connectivity index (χ2v) is 15.6. The molecule has 5 aromatic rings. The summed E-state index contributed by atoms with van der Waals surface area (Å²) >= 11 is 0. The van der Waals surface area contributed by atoms with Crippen LogP contribution < -0.4 is 26.4 Å².